The molecule has 1 saturated heterocycles. The predicted molar refractivity (Wildman–Crippen MR) is 60.0 cm³/mol. The Hall–Kier alpha value is -0.860. The summed E-state index contributed by atoms with van der Waals surface area (Å²) in [6, 6.07) is 8.54. The second-order valence-corrected chi connectivity index (χ2v) is 4.09. The van der Waals surface area contributed by atoms with Crippen molar-refractivity contribution in [3.05, 3.63) is 35.4 Å². The van der Waals surface area contributed by atoms with Gasteiger partial charge in [0.25, 0.3) is 0 Å². The van der Waals surface area contributed by atoms with Gasteiger partial charge in [-0.15, -0.1) is 0 Å². The van der Waals surface area contributed by atoms with Crippen molar-refractivity contribution in [2.45, 2.75) is 25.2 Å². The van der Waals surface area contributed by atoms with Gasteiger partial charge >= 0.3 is 0 Å². The minimum absolute atomic E-state index is 0.273. The summed E-state index contributed by atoms with van der Waals surface area (Å²) in [6.45, 7) is 2.02. The first-order valence-corrected chi connectivity index (χ1v) is 5.68. The molecular formula is C13H18O2. The van der Waals surface area contributed by atoms with E-state index in [2.05, 4.69) is 24.3 Å². The molecule has 0 aliphatic carbocycles. The van der Waals surface area contributed by atoms with Crippen molar-refractivity contribution in [2.24, 2.45) is 0 Å². The molecule has 82 valence electrons. The zero-order valence-electron chi connectivity index (χ0n) is 8.98. The Balaban J connectivity index is 2.13. The van der Waals surface area contributed by atoms with Crippen molar-refractivity contribution in [3.63, 3.8) is 0 Å². The molecule has 2 rings (SSSR count). The number of aliphatic hydroxyl groups excluding tert-OH is 1. The zero-order valence-corrected chi connectivity index (χ0v) is 8.98. The summed E-state index contributed by atoms with van der Waals surface area (Å²) in [5.74, 6) is 0.569. The van der Waals surface area contributed by atoms with Crippen LogP contribution >= 0.6 is 0 Å². The van der Waals surface area contributed by atoms with E-state index in [1.807, 2.05) is 0 Å². The number of hydrogen-bond acceptors (Lipinski definition) is 2. The molecule has 1 aromatic carbocycles. The fourth-order valence-electron chi connectivity index (χ4n) is 2.21. The van der Waals surface area contributed by atoms with Gasteiger partial charge in [-0.05, 0) is 30.4 Å². The summed E-state index contributed by atoms with van der Waals surface area (Å²) in [7, 11) is 0. The van der Waals surface area contributed by atoms with E-state index in [0.29, 0.717) is 5.92 Å². The van der Waals surface area contributed by atoms with Gasteiger partial charge in [-0.2, -0.15) is 0 Å². The fourth-order valence-corrected chi connectivity index (χ4v) is 2.21. The second-order valence-electron chi connectivity index (χ2n) is 4.09. The summed E-state index contributed by atoms with van der Waals surface area (Å²) >= 11 is 0. The van der Waals surface area contributed by atoms with Crippen LogP contribution < -0.4 is 0 Å². The van der Waals surface area contributed by atoms with Gasteiger partial charge in [0.05, 0.1) is 6.61 Å². The van der Waals surface area contributed by atoms with E-state index in [1.54, 1.807) is 0 Å². The van der Waals surface area contributed by atoms with Gasteiger partial charge in [-0.3, -0.25) is 0 Å². The minimum Gasteiger partial charge on any atom is -0.396 e. The maximum atomic E-state index is 8.86. The third kappa shape index (κ3) is 2.58. The average molecular weight is 206 g/mol. The van der Waals surface area contributed by atoms with Gasteiger partial charge in [-0.1, -0.05) is 24.3 Å². The summed E-state index contributed by atoms with van der Waals surface area (Å²) in [4.78, 5) is 0. The van der Waals surface area contributed by atoms with Crippen LogP contribution in [0.3, 0.4) is 0 Å². The molecule has 0 spiro atoms. The van der Waals surface area contributed by atoms with Crippen LogP contribution in [0, 0.1) is 0 Å². The van der Waals surface area contributed by atoms with E-state index in [-0.39, 0.29) is 6.61 Å². The number of rotatable bonds is 4. The van der Waals surface area contributed by atoms with Crippen LogP contribution in [0.1, 0.15) is 29.9 Å². The first kappa shape index (κ1) is 10.7. The predicted octanol–water partition coefficient (Wildman–Crippen LogP) is 2.12. The smallest absolute Gasteiger partial charge is 0.0535 e. The molecule has 1 atom stereocenters. The van der Waals surface area contributed by atoms with Crippen molar-refractivity contribution >= 4 is 0 Å². The summed E-state index contributed by atoms with van der Waals surface area (Å²) in [6.07, 6.45) is 2.96. The molecule has 15 heavy (non-hydrogen) atoms. The van der Waals surface area contributed by atoms with Crippen molar-refractivity contribution in [2.75, 3.05) is 19.8 Å². The molecule has 0 amide bonds. The standard InChI is InChI=1S/C13H18O2/c14-8-3-5-11-4-1-2-6-13(11)12-7-9-15-10-12/h1-2,4,6,12,14H,3,5,7-10H2. The van der Waals surface area contributed by atoms with Crippen molar-refractivity contribution in [3.8, 4) is 0 Å². The highest BCUT2D eigenvalue weighted by atomic mass is 16.5. The van der Waals surface area contributed by atoms with Gasteiger partial charge < -0.3 is 9.84 Å². The maximum absolute atomic E-state index is 8.86. The largest absolute Gasteiger partial charge is 0.396 e. The molecule has 1 unspecified atom stereocenters. The maximum Gasteiger partial charge on any atom is 0.0535 e. The number of benzene rings is 1. The quantitative estimate of drug-likeness (QED) is 0.817. The first-order chi connectivity index (χ1) is 7.42. The molecule has 0 aromatic heterocycles. The van der Waals surface area contributed by atoms with Crippen molar-refractivity contribution in [1.29, 1.82) is 0 Å². The van der Waals surface area contributed by atoms with E-state index in [0.717, 1.165) is 32.5 Å². The summed E-state index contributed by atoms with van der Waals surface area (Å²) in [5, 5.41) is 8.86. The van der Waals surface area contributed by atoms with Crippen LogP contribution in [0.25, 0.3) is 0 Å². The van der Waals surface area contributed by atoms with Crippen LogP contribution in [0.2, 0.25) is 0 Å². The lowest BCUT2D eigenvalue weighted by Gasteiger charge is -2.13. The Morgan fingerprint density at radius 1 is 1.33 bits per heavy atom. The zero-order chi connectivity index (χ0) is 10.5. The lowest BCUT2D eigenvalue weighted by Crippen LogP contribution is -2.03. The Morgan fingerprint density at radius 3 is 2.93 bits per heavy atom. The van der Waals surface area contributed by atoms with Gasteiger partial charge in [0.15, 0.2) is 0 Å². The molecule has 1 fully saturated rings. The number of hydrogen-bond donors (Lipinski definition) is 1. The topological polar surface area (TPSA) is 29.5 Å². The molecule has 2 heteroatoms. The molecule has 0 saturated carbocycles. The van der Waals surface area contributed by atoms with E-state index < -0.39 is 0 Å². The normalized spacial score (nSPS) is 20.7. The molecule has 0 radical (unpaired) electrons. The Morgan fingerprint density at radius 2 is 2.20 bits per heavy atom. The van der Waals surface area contributed by atoms with Gasteiger partial charge in [0, 0.05) is 19.1 Å². The van der Waals surface area contributed by atoms with E-state index >= 15 is 0 Å². The monoisotopic (exact) mass is 206 g/mol. The molecular weight excluding hydrogens is 188 g/mol. The fraction of sp³-hybridized carbons (Fsp3) is 0.538. The van der Waals surface area contributed by atoms with E-state index in [9.17, 15) is 0 Å². The van der Waals surface area contributed by atoms with E-state index in [1.165, 1.54) is 11.1 Å². The average Bonchev–Trinajstić information content (AvgIpc) is 2.80. The van der Waals surface area contributed by atoms with Crippen LogP contribution in [0.15, 0.2) is 24.3 Å². The lowest BCUT2D eigenvalue weighted by molar-refractivity contribution is 0.194. The Kier molecular flexibility index (Phi) is 3.75. The second kappa shape index (κ2) is 5.29. The minimum atomic E-state index is 0.273. The van der Waals surface area contributed by atoms with Crippen molar-refractivity contribution in [1.82, 2.24) is 0 Å². The molecule has 2 nitrogen and oxygen atoms in total. The molecule has 1 aliphatic heterocycles. The van der Waals surface area contributed by atoms with Gasteiger partial charge in [0.2, 0.25) is 0 Å². The highest BCUT2D eigenvalue weighted by Crippen LogP contribution is 2.28. The van der Waals surface area contributed by atoms with Crippen LogP contribution in [-0.4, -0.2) is 24.9 Å². The van der Waals surface area contributed by atoms with E-state index in [4.69, 9.17) is 9.84 Å². The Bertz CT molecular complexity index is 303. The first-order valence-electron chi connectivity index (χ1n) is 5.68. The van der Waals surface area contributed by atoms with Gasteiger partial charge in [0.1, 0.15) is 0 Å². The lowest BCUT2D eigenvalue weighted by atomic mass is 9.91. The SMILES string of the molecule is OCCCc1ccccc1C1CCOC1. The molecule has 0 bridgehead atoms. The molecule has 1 heterocycles. The number of aryl methyl sites for hydroxylation is 1. The number of ether oxygens (including phenoxy) is 1. The Labute approximate surface area is 90.9 Å². The van der Waals surface area contributed by atoms with Crippen LogP contribution in [-0.2, 0) is 11.2 Å². The third-order valence-corrected chi connectivity index (χ3v) is 3.03. The highest BCUT2D eigenvalue weighted by molar-refractivity contribution is 5.31. The third-order valence-electron chi connectivity index (χ3n) is 3.03. The molecule has 1 aliphatic rings. The van der Waals surface area contributed by atoms with Crippen LogP contribution in [0.5, 0.6) is 0 Å². The van der Waals surface area contributed by atoms with Crippen molar-refractivity contribution < 1.29 is 9.84 Å². The summed E-state index contributed by atoms with van der Waals surface area (Å²) in [5.41, 5.74) is 2.80. The number of aliphatic hydroxyl groups is 1. The molecule has 1 aromatic rings. The van der Waals surface area contributed by atoms with Crippen LogP contribution in [0.4, 0.5) is 0 Å². The van der Waals surface area contributed by atoms with Gasteiger partial charge in [-0.25, -0.2) is 0 Å². The summed E-state index contributed by atoms with van der Waals surface area (Å²) < 4.78 is 5.42. The highest BCUT2D eigenvalue weighted by Gasteiger charge is 2.19. The molecule has 1 N–H and O–H groups in total.